The minimum absolute atomic E-state index is 0.292. The van der Waals surface area contributed by atoms with Gasteiger partial charge in [-0.2, -0.15) is 0 Å². The van der Waals surface area contributed by atoms with E-state index in [0.717, 1.165) is 52.2 Å². The number of carbonyl (C=O) groups excluding carboxylic acids is 1. The number of hydrogen-bond acceptors (Lipinski definition) is 3. The first-order chi connectivity index (χ1) is 9.36. The largest absolute Gasteiger partial charge is 0.325 e. The first-order valence-electron chi connectivity index (χ1n) is 7.86. The number of nitrogens with zero attached hydrogens (tertiary/aromatic N) is 3. The summed E-state index contributed by atoms with van der Waals surface area (Å²) in [6.07, 6.45) is 6.29. The van der Waals surface area contributed by atoms with Crippen LogP contribution in [0.25, 0.3) is 0 Å². The maximum absolute atomic E-state index is 12.7. The molecule has 3 fully saturated rings. The molecule has 108 valence electrons. The van der Waals surface area contributed by atoms with Crippen molar-refractivity contribution < 1.29 is 4.79 Å². The van der Waals surface area contributed by atoms with Gasteiger partial charge >= 0.3 is 6.03 Å². The first kappa shape index (κ1) is 13.2. The highest BCUT2D eigenvalue weighted by Gasteiger charge is 2.34. The van der Waals surface area contributed by atoms with Crippen molar-refractivity contribution in [3.8, 4) is 0 Å². The van der Waals surface area contributed by atoms with Crippen molar-refractivity contribution >= 4 is 6.03 Å². The van der Waals surface area contributed by atoms with E-state index in [2.05, 4.69) is 20.0 Å². The van der Waals surface area contributed by atoms with Crippen molar-refractivity contribution in [3.63, 3.8) is 0 Å². The van der Waals surface area contributed by atoms with E-state index in [1.807, 2.05) is 0 Å². The summed E-state index contributed by atoms with van der Waals surface area (Å²) >= 11 is 0. The van der Waals surface area contributed by atoms with Gasteiger partial charge in [-0.25, -0.2) is 4.79 Å². The van der Waals surface area contributed by atoms with E-state index < -0.39 is 0 Å². The van der Waals surface area contributed by atoms with Crippen LogP contribution in [0.1, 0.15) is 32.1 Å². The SMILES string of the molecule is O=C(N1CCCC1)N1CCCCC1N1CCNCC1. The lowest BCUT2D eigenvalue weighted by Crippen LogP contribution is -2.59. The molecule has 0 spiro atoms. The second kappa shape index (κ2) is 6.09. The maximum Gasteiger partial charge on any atom is 0.321 e. The summed E-state index contributed by atoms with van der Waals surface area (Å²) in [7, 11) is 0. The molecule has 0 aromatic carbocycles. The van der Waals surface area contributed by atoms with Crippen LogP contribution in [0.15, 0.2) is 0 Å². The van der Waals surface area contributed by atoms with Gasteiger partial charge in [0, 0.05) is 45.8 Å². The number of carbonyl (C=O) groups is 1. The number of piperidine rings is 1. The van der Waals surface area contributed by atoms with Gasteiger partial charge < -0.3 is 15.1 Å². The van der Waals surface area contributed by atoms with E-state index in [9.17, 15) is 4.79 Å². The fraction of sp³-hybridized carbons (Fsp3) is 0.929. The minimum Gasteiger partial charge on any atom is -0.325 e. The molecular weight excluding hydrogens is 240 g/mol. The van der Waals surface area contributed by atoms with Crippen molar-refractivity contribution in [2.45, 2.75) is 38.3 Å². The molecule has 3 aliphatic rings. The second-order valence-electron chi connectivity index (χ2n) is 5.93. The highest BCUT2D eigenvalue weighted by atomic mass is 16.2. The molecule has 3 rings (SSSR count). The van der Waals surface area contributed by atoms with Gasteiger partial charge in [0.2, 0.25) is 0 Å². The summed E-state index contributed by atoms with van der Waals surface area (Å²) in [5.41, 5.74) is 0. The fourth-order valence-electron chi connectivity index (χ4n) is 3.59. The minimum atomic E-state index is 0.292. The van der Waals surface area contributed by atoms with Gasteiger partial charge in [-0.1, -0.05) is 0 Å². The average molecular weight is 266 g/mol. The van der Waals surface area contributed by atoms with E-state index in [4.69, 9.17) is 0 Å². The molecule has 19 heavy (non-hydrogen) atoms. The predicted octanol–water partition coefficient (Wildman–Crippen LogP) is 0.919. The predicted molar refractivity (Wildman–Crippen MR) is 75.0 cm³/mol. The molecule has 1 atom stereocenters. The molecule has 0 bridgehead atoms. The Morgan fingerprint density at radius 1 is 0.895 bits per heavy atom. The summed E-state index contributed by atoms with van der Waals surface area (Å²) in [4.78, 5) is 19.4. The van der Waals surface area contributed by atoms with Crippen molar-refractivity contribution in [3.05, 3.63) is 0 Å². The van der Waals surface area contributed by atoms with Crippen LogP contribution in [0.5, 0.6) is 0 Å². The summed E-state index contributed by atoms with van der Waals surface area (Å²) < 4.78 is 0. The molecule has 0 aromatic heterocycles. The highest BCUT2D eigenvalue weighted by Crippen LogP contribution is 2.23. The maximum atomic E-state index is 12.7. The lowest BCUT2D eigenvalue weighted by atomic mass is 10.1. The zero-order valence-corrected chi connectivity index (χ0v) is 11.8. The molecule has 2 amide bonds. The Labute approximate surface area is 115 Å². The Hall–Kier alpha value is -0.810. The van der Waals surface area contributed by atoms with Crippen molar-refractivity contribution in [1.29, 1.82) is 0 Å². The normalized spacial score (nSPS) is 29.8. The van der Waals surface area contributed by atoms with Gasteiger partial charge in [0.1, 0.15) is 0 Å². The van der Waals surface area contributed by atoms with Gasteiger partial charge in [0.05, 0.1) is 6.17 Å². The Morgan fingerprint density at radius 3 is 2.32 bits per heavy atom. The highest BCUT2D eigenvalue weighted by molar-refractivity contribution is 5.75. The zero-order chi connectivity index (χ0) is 13.1. The quantitative estimate of drug-likeness (QED) is 0.767. The molecule has 0 saturated carbocycles. The van der Waals surface area contributed by atoms with Gasteiger partial charge in [-0.05, 0) is 32.1 Å². The number of likely N-dealkylation sites (tertiary alicyclic amines) is 2. The molecule has 1 unspecified atom stereocenters. The number of rotatable bonds is 1. The first-order valence-corrected chi connectivity index (χ1v) is 7.86. The Morgan fingerprint density at radius 2 is 1.58 bits per heavy atom. The van der Waals surface area contributed by atoms with Gasteiger partial charge in [-0.3, -0.25) is 4.90 Å². The number of urea groups is 1. The molecule has 3 heterocycles. The van der Waals surface area contributed by atoms with Crippen molar-refractivity contribution in [1.82, 2.24) is 20.0 Å². The molecular formula is C14H26N4O. The third-order valence-electron chi connectivity index (χ3n) is 4.67. The standard InChI is InChI=1S/C14H26N4O/c19-14(17-8-3-4-9-17)18-10-2-1-5-13(18)16-11-6-15-7-12-16/h13,15H,1-12H2. The number of nitrogens with one attached hydrogen (secondary N) is 1. The van der Waals surface area contributed by atoms with E-state index in [1.165, 1.54) is 25.7 Å². The number of piperazine rings is 1. The topological polar surface area (TPSA) is 38.8 Å². The van der Waals surface area contributed by atoms with Crippen LogP contribution in [0.3, 0.4) is 0 Å². The van der Waals surface area contributed by atoms with Crippen LogP contribution in [-0.4, -0.2) is 72.7 Å². The van der Waals surface area contributed by atoms with Crippen LogP contribution >= 0.6 is 0 Å². The van der Waals surface area contributed by atoms with Gasteiger partial charge in [-0.15, -0.1) is 0 Å². The van der Waals surface area contributed by atoms with E-state index in [-0.39, 0.29) is 0 Å². The van der Waals surface area contributed by atoms with Gasteiger partial charge in [0.15, 0.2) is 0 Å². The molecule has 0 aromatic rings. The summed E-state index contributed by atoms with van der Waals surface area (Å²) in [6, 6.07) is 0.292. The monoisotopic (exact) mass is 266 g/mol. The molecule has 3 aliphatic heterocycles. The average Bonchev–Trinajstić information content (AvgIpc) is 3.02. The molecule has 3 saturated heterocycles. The van der Waals surface area contributed by atoms with Crippen LogP contribution in [0, 0.1) is 0 Å². The third-order valence-corrected chi connectivity index (χ3v) is 4.67. The van der Waals surface area contributed by atoms with Crippen LogP contribution in [0.2, 0.25) is 0 Å². The second-order valence-corrected chi connectivity index (χ2v) is 5.93. The molecule has 5 heteroatoms. The van der Waals surface area contributed by atoms with Crippen LogP contribution in [-0.2, 0) is 0 Å². The Balaban J connectivity index is 1.67. The lowest BCUT2D eigenvalue weighted by Gasteiger charge is -2.45. The number of hydrogen-bond donors (Lipinski definition) is 1. The Kier molecular flexibility index (Phi) is 4.23. The van der Waals surface area contributed by atoms with E-state index in [0.29, 0.717) is 12.2 Å². The molecule has 5 nitrogen and oxygen atoms in total. The van der Waals surface area contributed by atoms with E-state index >= 15 is 0 Å². The van der Waals surface area contributed by atoms with E-state index in [1.54, 1.807) is 0 Å². The van der Waals surface area contributed by atoms with Crippen LogP contribution in [0.4, 0.5) is 4.79 Å². The molecule has 0 aliphatic carbocycles. The zero-order valence-electron chi connectivity index (χ0n) is 11.8. The molecule has 1 N–H and O–H groups in total. The molecule has 0 radical (unpaired) electrons. The number of amides is 2. The Bertz CT molecular complexity index is 311. The van der Waals surface area contributed by atoms with Crippen molar-refractivity contribution in [2.75, 3.05) is 45.8 Å². The van der Waals surface area contributed by atoms with Crippen LogP contribution < -0.4 is 5.32 Å². The summed E-state index contributed by atoms with van der Waals surface area (Å²) in [5, 5.41) is 3.40. The van der Waals surface area contributed by atoms with Crippen molar-refractivity contribution in [2.24, 2.45) is 0 Å². The lowest BCUT2D eigenvalue weighted by molar-refractivity contribution is 0.0213. The smallest absolute Gasteiger partial charge is 0.321 e. The third kappa shape index (κ3) is 2.87. The fourth-order valence-corrected chi connectivity index (χ4v) is 3.59. The van der Waals surface area contributed by atoms with Gasteiger partial charge in [0.25, 0.3) is 0 Å². The summed E-state index contributed by atoms with van der Waals surface area (Å²) in [6.45, 7) is 7.14. The summed E-state index contributed by atoms with van der Waals surface area (Å²) in [5.74, 6) is 0.